The largest absolute Gasteiger partial charge is 0.480 e. The Labute approximate surface area is 208 Å². The molecule has 1 aromatic heterocycles. The number of carboxylic acid groups (broad SMARTS) is 1. The summed E-state index contributed by atoms with van der Waals surface area (Å²) in [6.07, 6.45) is 2.88. The second kappa shape index (κ2) is 12.3. The van der Waals surface area contributed by atoms with Crippen LogP contribution in [0.3, 0.4) is 0 Å². The summed E-state index contributed by atoms with van der Waals surface area (Å²) >= 11 is 0. The molecule has 36 heavy (non-hydrogen) atoms. The highest BCUT2D eigenvalue weighted by Crippen LogP contribution is 2.20. The highest BCUT2D eigenvalue weighted by Gasteiger charge is 2.39. The number of aliphatic hydroxyl groups excluding tert-OH is 1. The molecule has 1 fully saturated rings. The van der Waals surface area contributed by atoms with E-state index in [0.717, 1.165) is 5.56 Å². The van der Waals surface area contributed by atoms with Gasteiger partial charge in [-0.1, -0.05) is 30.3 Å². The Kier molecular flexibility index (Phi) is 9.14. The Balaban J connectivity index is 1.74. The van der Waals surface area contributed by atoms with Crippen LogP contribution in [0.1, 0.15) is 31.0 Å². The van der Waals surface area contributed by atoms with Crippen LogP contribution in [0.2, 0.25) is 0 Å². The molecule has 3 amide bonds. The topological polar surface area (TPSA) is 191 Å². The number of aliphatic hydroxyl groups is 1. The number of aromatic amines is 1. The molecule has 5 atom stereocenters. The number of aliphatic carboxylic acids is 1. The van der Waals surface area contributed by atoms with Crippen LogP contribution in [0.25, 0.3) is 0 Å². The van der Waals surface area contributed by atoms with Crippen molar-refractivity contribution in [3.63, 3.8) is 0 Å². The molecule has 2 heterocycles. The summed E-state index contributed by atoms with van der Waals surface area (Å²) in [5.74, 6) is -3.07. The lowest BCUT2D eigenvalue weighted by Gasteiger charge is -2.30. The molecule has 1 aromatic carbocycles. The van der Waals surface area contributed by atoms with Crippen molar-refractivity contribution in [3.8, 4) is 0 Å². The summed E-state index contributed by atoms with van der Waals surface area (Å²) in [4.78, 5) is 58.9. The Hall–Kier alpha value is -3.77. The molecule has 0 aliphatic carbocycles. The molecule has 0 spiro atoms. The molecular formula is C24H32N6O6. The van der Waals surface area contributed by atoms with Crippen molar-refractivity contribution in [2.24, 2.45) is 5.73 Å². The first-order valence-electron chi connectivity index (χ1n) is 11.8. The van der Waals surface area contributed by atoms with Gasteiger partial charge in [-0.2, -0.15) is 0 Å². The zero-order valence-corrected chi connectivity index (χ0v) is 20.0. The second-order valence-corrected chi connectivity index (χ2v) is 8.89. The van der Waals surface area contributed by atoms with Crippen molar-refractivity contribution in [2.45, 2.75) is 62.9 Å². The van der Waals surface area contributed by atoms with Crippen LogP contribution in [0.15, 0.2) is 42.9 Å². The number of rotatable bonds is 11. The molecule has 1 aliphatic heterocycles. The maximum atomic E-state index is 13.5. The van der Waals surface area contributed by atoms with Crippen LogP contribution in [0.5, 0.6) is 0 Å². The fourth-order valence-corrected chi connectivity index (χ4v) is 4.20. The van der Waals surface area contributed by atoms with Crippen molar-refractivity contribution < 1.29 is 29.4 Å². The van der Waals surface area contributed by atoms with E-state index in [0.29, 0.717) is 18.5 Å². The van der Waals surface area contributed by atoms with Crippen LogP contribution >= 0.6 is 0 Å². The molecule has 0 bridgehead atoms. The quantitative estimate of drug-likeness (QED) is 0.225. The molecule has 3 rings (SSSR count). The normalized spacial score (nSPS) is 18.6. The van der Waals surface area contributed by atoms with Crippen molar-refractivity contribution >= 4 is 23.7 Å². The predicted octanol–water partition coefficient (Wildman–Crippen LogP) is -1.05. The van der Waals surface area contributed by atoms with E-state index in [1.165, 1.54) is 24.3 Å². The SMILES string of the molecule is CC(O)C(NC(=O)C1CCCN1C(=O)C(Cc1cnc[nH]1)NC(=O)C(N)Cc1ccccc1)C(=O)O. The number of likely N-dealkylation sites (tertiary alicyclic amines) is 1. The van der Waals surface area contributed by atoms with Gasteiger partial charge in [-0.25, -0.2) is 9.78 Å². The van der Waals surface area contributed by atoms with Crippen molar-refractivity contribution in [3.05, 3.63) is 54.1 Å². The van der Waals surface area contributed by atoms with Gasteiger partial charge in [-0.15, -0.1) is 0 Å². The minimum atomic E-state index is -1.51. The number of benzene rings is 1. The minimum Gasteiger partial charge on any atom is -0.480 e. The number of hydrogen-bond donors (Lipinski definition) is 6. The average Bonchev–Trinajstić information content (AvgIpc) is 3.54. The first-order chi connectivity index (χ1) is 17.2. The molecule has 7 N–H and O–H groups in total. The van der Waals surface area contributed by atoms with E-state index in [1.807, 2.05) is 30.3 Å². The van der Waals surface area contributed by atoms with E-state index in [9.17, 15) is 29.4 Å². The number of carbonyl (C=O) groups excluding carboxylic acids is 3. The standard InChI is InChI=1S/C24H32N6O6/c1-14(31)20(24(35)36)29-22(33)19-8-5-9-30(19)23(34)18(11-16-12-26-13-27-16)28-21(32)17(25)10-15-6-3-2-4-7-15/h2-4,6-7,12-14,17-20,31H,5,8-11,25H2,1H3,(H,26,27)(H,28,32)(H,29,33)(H,35,36). The lowest BCUT2D eigenvalue weighted by atomic mass is 10.0. The summed E-state index contributed by atoms with van der Waals surface area (Å²) in [7, 11) is 0. The Bertz CT molecular complexity index is 1040. The maximum Gasteiger partial charge on any atom is 0.328 e. The van der Waals surface area contributed by atoms with E-state index in [2.05, 4.69) is 20.6 Å². The number of nitrogens with two attached hydrogens (primary N) is 1. The summed E-state index contributed by atoms with van der Waals surface area (Å²) in [5.41, 5.74) is 7.59. The van der Waals surface area contributed by atoms with Crippen molar-refractivity contribution in [2.75, 3.05) is 6.54 Å². The van der Waals surface area contributed by atoms with Crippen LogP contribution in [0.4, 0.5) is 0 Å². The van der Waals surface area contributed by atoms with E-state index in [1.54, 1.807) is 0 Å². The number of carboxylic acids is 1. The third-order valence-corrected chi connectivity index (χ3v) is 6.11. The molecule has 5 unspecified atom stereocenters. The van der Waals surface area contributed by atoms with Gasteiger partial charge < -0.3 is 36.5 Å². The predicted molar refractivity (Wildman–Crippen MR) is 128 cm³/mol. The van der Waals surface area contributed by atoms with Gasteiger partial charge in [0.05, 0.1) is 18.5 Å². The third kappa shape index (κ3) is 6.89. The van der Waals surface area contributed by atoms with Crippen LogP contribution in [-0.2, 0) is 32.0 Å². The molecule has 0 radical (unpaired) electrons. The van der Waals surface area contributed by atoms with Gasteiger partial charge in [0.15, 0.2) is 6.04 Å². The van der Waals surface area contributed by atoms with Crippen LogP contribution < -0.4 is 16.4 Å². The van der Waals surface area contributed by atoms with Gasteiger partial charge >= 0.3 is 5.97 Å². The lowest BCUT2D eigenvalue weighted by Crippen LogP contribution is -2.58. The Morgan fingerprint density at radius 3 is 2.53 bits per heavy atom. The molecular weight excluding hydrogens is 468 g/mol. The van der Waals surface area contributed by atoms with Crippen molar-refractivity contribution in [1.82, 2.24) is 25.5 Å². The molecule has 12 heteroatoms. The van der Waals surface area contributed by atoms with E-state index in [4.69, 9.17) is 5.73 Å². The fraction of sp³-hybridized carbons (Fsp3) is 0.458. The average molecular weight is 501 g/mol. The number of aromatic nitrogens is 2. The number of nitrogens with zero attached hydrogens (tertiary/aromatic N) is 2. The lowest BCUT2D eigenvalue weighted by molar-refractivity contribution is -0.147. The van der Waals surface area contributed by atoms with E-state index in [-0.39, 0.29) is 19.4 Å². The number of imidazole rings is 1. The first kappa shape index (κ1) is 26.8. The van der Waals surface area contributed by atoms with E-state index < -0.39 is 54.0 Å². The molecule has 194 valence electrons. The van der Waals surface area contributed by atoms with Gasteiger partial charge in [0.25, 0.3) is 0 Å². The maximum absolute atomic E-state index is 13.5. The second-order valence-electron chi connectivity index (χ2n) is 8.89. The Morgan fingerprint density at radius 2 is 1.92 bits per heavy atom. The minimum absolute atomic E-state index is 0.0961. The van der Waals surface area contributed by atoms with Crippen LogP contribution in [0, 0.1) is 0 Å². The van der Waals surface area contributed by atoms with Gasteiger partial charge in [0.2, 0.25) is 17.7 Å². The molecule has 1 aliphatic rings. The van der Waals surface area contributed by atoms with Crippen molar-refractivity contribution in [1.29, 1.82) is 0 Å². The number of nitrogens with one attached hydrogen (secondary N) is 3. The highest BCUT2D eigenvalue weighted by molar-refractivity contribution is 5.94. The third-order valence-electron chi connectivity index (χ3n) is 6.11. The van der Waals surface area contributed by atoms with E-state index >= 15 is 0 Å². The zero-order valence-electron chi connectivity index (χ0n) is 20.0. The number of amides is 3. The number of hydrogen-bond acceptors (Lipinski definition) is 7. The highest BCUT2D eigenvalue weighted by atomic mass is 16.4. The van der Waals surface area contributed by atoms with Crippen LogP contribution in [-0.4, -0.2) is 85.6 Å². The smallest absolute Gasteiger partial charge is 0.328 e. The van der Waals surface area contributed by atoms with Gasteiger partial charge in [0.1, 0.15) is 12.1 Å². The first-order valence-corrected chi connectivity index (χ1v) is 11.8. The monoisotopic (exact) mass is 500 g/mol. The number of H-pyrrole nitrogens is 1. The van der Waals surface area contributed by atoms with Gasteiger partial charge in [0, 0.05) is 24.9 Å². The Morgan fingerprint density at radius 1 is 1.19 bits per heavy atom. The molecule has 1 saturated heterocycles. The summed E-state index contributed by atoms with van der Waals surface area (Å²) < 4.78 is 0. The summed E-state index contributed by atoms with van der Waals surface area (Å²) in [6, 6.07) is 4.88. The molecule has 12 nitrogen and oxygen atoms in total. The molecule has 2 aromatic rings. The zero-order chi connectivity index (χ0) is 26.2. The number of carbonyl (C=O) groups is 4. The summed E-state index contributed by atoms with van der Waals surface area (Å²) in [5, 5.41) is 24.0. The molecule has 0 saturated carbocycles. The van der Waals surface area contributed by atoms with Gasteiger partial charge in [-0.3, -0.25) is 14.4 Å². The summed E-state index contributed by atoms with van der Waals surface area (Å²) in [6.45, 7) is 1.51. The van der Waals surface area contributed by atoms with Gasteiger partial charge in [-0.05, 0) is 31.7 Å². The fourth-order valence-electron chi connectivity index (χ4n) is 4.20.